The number of phenols is 1. The summed E-state index contributed by atoms with van der Waals surface area (Å²) in [5, 5.41) is 11.8. The van der Waals surface area contributed by atoms with E-state index in [0.29, 0.717) is 16.9 Å². The summed E-state index contributed by atoms with van der Waals surface area (Å²) in [6.45, 7) is 0. The standard InChI is InChI=1S/C12H11N3O2/c13-10-6-9(16)3-4-11(10)15-12(17)8-2-1-5-14-7-8/h1-7,16H,13H2,(H,15,17). The lowest BCUT2D eigenvalue weighted by atomic mass is 10.2. The average Bonchev–Trinajstić information content (AvgIpc) is 2.34. The number of pyridine rings is 1. The van der Waals surface area contributed by atoms with Crippen LogP contribution in [0.2, 0.25) is 0 Å². The van der Waals surface area contributed by atoms with Gasteiger partial charge in [0.2, 0.25) is 0 Å². The molecule has 0 atom stereocenters. The number of carbonyl (C=O) groups excluding carboxylic acids is 1. The molecule has 1 heterocycles. The molecule has 0 saturated heterocycles. The number of amides is 1. The summed E-state index contributed by atoms with van der Waals surface area (Å²) in [6, 6.07) is 7.70. The SMILES string of the molecule is Nc1cc(O)ccc1NC(=O)c1cccnc1. The highest BCUT2D eigenvalue weighted by molar-refractivity contribution is 6.05. The largest absolute Gasteiger partial charge is 0.508 e. The number of nitrogens with one attached hydrogen (secondary N) is 1. The quantitative estimate of drug-likeness (QED) is 0.539. The van der Waals surface area contributed by atoms with Crippen molar-refractivity contribution < 1.29 is 9.90 Å². The number of nitrogens with two attached hydrogens (primary N) is 1. The highest BCUT2D eigenvalue weighted by Gasteiger charge is 2.07. The molecule has 0 aliphatic carbocycles. The van der Waals surface area contributed by atoms with Crippen LogP contribution in [0.5, 0.6) is 5.75 Å². The lowest BCUT2D eigenvalue weighted by Gasteiger charge is -2.08. The molecule has 0 saturated carbocycles. The summed E-state index contributed by atoms with van der Waals surface area (Å²) in [5.74, 6) is -0.239. The summed E-state index contributed by atoms with van der Waals surface area (Å²) in [6.07, 6.45) is 3.05. The molecule has 0 unspecified atom stereocenters. The molecule has 0 spiro atoms. The van der Waals surface area contributed by atoms with Gasteiger partial charge in [0.05, 0.1) is 16.9 Å². The minimum Gasteiger partial charge on any atom is -0.508 e. The van der Waals surface area contributed by atoms with Gasteiger partial charge in [0.1, 0.15) is 5.75 Å². The van der Waals surface area contributed by atoms with E-state index in [2.05, 4.69) is 10.3 Å². The first-order valence-corrected chi connectivity index (χ1v) is 4.96. The van der Waals surface area contributed by atoms with Crippen molar-refractivity contribution in [2.45, 2.75) is 0 Å². The smallest absolute Gasteiger partial charge is 0.257 e. The van der Waals surface area contributed by atoms with Crippen LogP contribution in [0.1, 0.15) is 10.4 Å². The second kappa shape index (κ2) is 4.52. The van der Waals surface area contributed by atoms with Gasteiger partial charge in [-0.15, -0.1) is 0 Å². The molecule has 1 aromatic heterocycles. The van der Waals surface area contributed by atoms with E-state index in [-0.39, 0.29) is 11.7 Å². The Labute approximate surface area is 97.9 Å². The van der Waals surface area contributed by atoms with Gasteiger partial charge < -0.3 is 16.2 Å². The molecule has 5 heteroatoms. The van der Waals surface area contributed by atoms with Crippen molar-refractivity contribution in [3.8, 4) is 5.75 Å². The van der Waals surface area contributed by atoms with Crippen LogP contribution in [0.4, 0.5) is 11.4 Å². The maximum atomic E-state index is 11.8. The fourth-order valence-corrected chi connectivity index (χ4v) is 1.36. The number of anilines is 2. The van der Waals surface area contributed by atoms with Gasteiger partial charge in [0, 0.05) is 18.5 Å². The van der Waals surface area contributed by atoms with Gasteiger partial charge >= 0.3 is 0 Å². The number of hydrogen-bond acceptors (Lipinski definition) is 4. The lowest BCUT2D eigenvalue weighted by Crippen LogP contribution is -2.13. The molecule has 0 fully saturated rings. The van der Waals surface area contributed by atoms with Crippen LogP contribution in [-0.2, 0) is 0 Å². The molecular formula is C12H11N3O2. The number of carbonyl (C=O) groups is 1. The van der Waals surface area contributed by atoms with Crippen molar-refractivity contribution in [2.24, 2.45) is 0 Å². The molecular weight excluding hydrogens is 218 g/mol. The Hall–Kier alpha value is -2.56. The predicted octanol–water partition coefficient (Wildman–Crippen LogP) is 1.62. The molecule has 0 radical (unpaired) electrons. The van der Waals surface area contributed by atoms with Gasteiger partial charge in [-0.3, -0.25) is 9.78 Å². The van der Waals surface area contributed by atoms with Crippen molar-refractivity contribution in [2.75, 3.05) is 11.1 Å². The number of hydrogen-bond donors (Lipinski definition) is 3. The van der Waals surface area contributed by atoms with Gasteiger partial charge in [-0.25, -0.2) is 0 Å². The average molecular weight is 229 g/mol. The van der Waals surface area contributed by atoms with E-state index in [9.17, 15) is 9.90 Å². The molecule has 2 rings (SSSR count). The zero-order valence-corrected chi connectivity index (χ0v) is 8.92. The number of aromatic nitrogens is 1. The molecule has 1 amide bonds. The number of rotatable bonds is 2. The molecule has 0 aliphatic rings. The van der Waals surface area contributed by atoms with Crippen molar-refractivity contribution in [3.05, 3.63) is 48.3 Å². The Bertz CT molecular complexity index is 541. The number of aromatic hydroxyl groups is 1. The molecule has 5 nitrogen and oxygen atoms in total. The molecule has 4 N–H and O–H groups in total. The molecule has 0 bridgehead atoms. The number of nitrogens with zero attached hydrogens (tertiary/aromatic N) is 1. The maximum Gasteiger partial charge on any atom is 0.257 e. The number of nitrogen functional groups attached to an aromatic ring is 1. The van der Waals surface area contributed by atoms with Crippen LogP contribution < -0.4 is 11.1 Å². The molecule has 86 valence electrons. The fourth-order valence-electron chi connectivity index (χ4n) is 1.36. The van der Waals surface area contributed by atoms with Crippen molar-refractivity contribution in [3.63, 3.8) is 0 Å². The van der Waals surface area contributed by atoms with Gasteiger partial charge in [-0.05, 0) is 24.3 Å². The molecule has 0 aliphatic heterocycles. The highest BCUT2D eigenvalue weighted by Crippen LogP contribution is 2.23. The Balaban J connectivity index is 2.19. The van der Waals surface area contributed by atoms with Gasteiger partial charge in [-0.2, -0.15) is 0 Å². The fraction of sp³-hybridized carbons (Fsp3) is 0. The first kappa shape index (κ1) is 10.9. The third kappa shape index (κ3) is 2.52. The van der Waals surface area contributed by atoms with Gasteiger partial charge in [0.15, 0.2) is 0 Å². The number of benzene rings is 1. The second-order valence-corrected chi connectivity index (χ2v) is 3.47. The summed E-state index contributed by atoms with van der Waals surface area (Å²) in [5.41, 5.74) is 6.86. The van der Waals surface area contributed by atoms with E-state index in [1.807, 2.05) is 0 Å². The topological polar surface area (TPSA) is 88.2 Å². The molecule has 17 heavy (non-hydrogen) atoms. The Morgan fingerprint density at radius 2 is 2.18 bits per heavy atom. The van der Waals surface area contributed by atoms with Crippen molar-refractivity contribution in [1.29, 1.82) is 0 Å². The van der Waals surface area contributed by atoms with Gasteiger partial charge in [0.25, 0.3) is 5.91 Å². The predicted molar refractivity (Wildman–Crippen MR) is 64.7 cm³/mol. The monoisotopic (exact) mass is 229 g/mol. The van der Waals surface area contributed by atoms with Crippen LogP contribution in [0.25, 0.3) is 0 Å². The van der Waals surface area contributed by atoms with E-state index >= 15 is 0 Å². The van der Waals surface area contributed by atoms with Crippen LogP contribution >= 0.6 is 0 Å². The Morgan fingerprint density at radius 1 is 1.35 bits per heavy atom. The summed E-state index contributed by atoms with van der Waals surface area (Å²) >= 11 is 0. The van der Waals surface area contributed by atoms with Crippen molar-refractivity contribution >= 4 is 17.3 Å². The first-order chi connectivity index (χ1) is 8.16. The minimum atomic E-state index is -0.296. The first-order valence-electron chi connectivity index (χ1n) is 4.96. The number of phenolic OH excluding ortho intramolecular Hbond substituents is 1. The van der Waals surface area contributed by atoms with E-state index < -0.39 is 0 Å². The molecule has 1 aromatic carbocycles. The Morgan fingerprint density at radius 3 is 2.82 bits per heavy atom. The zero-order chi connectivity index (χ0) is 12.3. The molecule has 2 aromatic rings. The summed E-state index contributed by atoms with van der Waals surface area (Å²) in [4.78, 5) is 15.6. The normalized spacial score (nSPS) is 9.88. The maximum absolute atomic E-state index is 11.8. The van der Waals surface area contributed by atoms with E-state index in [1.54, 1.807) is 24.4 Å². The minimum absolute atomic E-state index is 0.0573. The zero-order valence-electron chi connectivity index (χ0n) is 8.92. The summed E-state index contributed by atoms with van der Waals surface area (Å²) < 4.78 is 0. The van der Waals surface area contributed by atoms with E-state index in [4.69, 9.17) is 5.73 Å². The second-order valence-electron chi connectivity index (χ2n) is 3.47. The van der Waals surface area contributed by atoms with Crippen LogP contribution in [0, 0.1) is 0 Å². The van der Waals surface area contributed by atoms with Crippen LogP contribution in [0.3, 0.4) is 0 Å². The van der Waals surface area contributed by atoms with Crippen LogP contribution in [-0.4, -0.2) is 16.0 Å². The van der Waals surface area contributed by atoms with E-state index in [1.165, 1.54) is 18.3 Å². The highest BCUT2D eigenvalue weighted by atomic mass is 16.3. The third-order valence-electron chi connectivity index (χ3n) is 2.21. The lowest BCUT2D eigenvalue weighted by molar-refractivity contribution is 0.102. The summed E-state index contributed by atoms with van der Waals surface area (Å²) in [7, 11) is 0. The van der Waals surface area contributed by atoms with E-state index in [0.717, 1.165) is 0 Å². The van der Waals surface area contributed by atoms with Crippen molar-refractivity contribution in [1.82, 2.24) is 4.98 Å². The van der Waals surface area contributed by atoms with Gasteiger partial charge in [-0.1, -0.05) is 0 Å². The van der Waals surface area contributed by atoms with Crippen LogP contribution in [0.15, 0.2) is 42.7 Å². The Kier molecular flexibility index (Phi) is 2.91. The third-order valence-corrected chi connectivity index (χ3v) is 2.21.